The molecule has 0 saturated heterocycles. The van der Waals surface area contributed by atoms with Gasteiger partial charge < -0.3 is 25.3 Å². The molecule has 35 heavy (non-hydrogen) atoms. The van der Waals surface area contributed by atoms with Crippen LogP contribution in [0, 0.1) is 11.8 Å². The highest BCUT2D eigenvalue weighted by molar-refractivity contribution is 5.87. The average molecular weight is 479 g/mol. The normalized spacial score (nSPS) is 17.0. The van der Waals surface area contributed by atoms with E-state index in [1.165, 1.54) is 0 Å². The first-order valence-corrected chi connectivity index (χ1v) is 12.4. The van der Waals surface area contributed by atoms with Gasteiger partial charge in [-0.1, -0.05) is 55.7 Å². The average Bonchev–Trinajstić information content (AvgIpc) is 3.29. The van der Waals surface area contributed by atoms with Crippen molar-refractivity contribution in [2.45, 2.75) is 57.1 Å². The first-order chi connectivity index (χ1) is 17.0. The molecule has 1 aliphatic rings. The van der Waals surface area contributed by atoms with Gasteiger partial charge in [-0.3, -0.25) is 4.79 Å². The molecule has 1 aromatic heterocycles. The van der Waals surface area contributed by atoms with E-state index in [9.17, 15) is 19.8 Å². The second-order valence-corrected chi connectivity index (χ2v) is 9.47. The van der Waals surface area contributed by atoms with E-state index in [1.807, 2.05) is 48.5 Å². The zero-order valence-electron chi connectivity index (χ0n) is 20.1. The number of fused-ring (bicyclic) bond motifs is 1. The van der Waals surface area contributed by atoms with Crippen LogP contribution in [0.4, 0.5) is 0 Å². The van der Waals surface area contributed by atoms with Crippen LogP contribution < -0.4 is 10.1 Å². The number of rotatable bonds is 10. The molecule has 1 aliphatic carbocycles. The van der Waals surface area contributed by atoms with Crippen molar-refractivity contribution in [2.24, 2.45) is 11.8 Å². The van der Waals surface area contributed by atoms with Crippen LogP contribution in [0.2, 0.25) is 0 Å². The number of carbonyl (C=O) groups is 2. The number of hydrogen-bond donors (Lipinski definition) is 4. The number of ether oxygens (including phenoxy) is 1. The number of amides is 1. The van der Waals surface area contributed by atoms with E-state index < -0.39 is 29.9 Å². The predicted octanol–water partition coefficient (Wildman–Crippen LogP) is 4.09. The number of carbonyl (C=O) groups excluding carboxylic acids is 1. The van der Waals surface area contributed by atoms with Crippen LogP contribution in [-0.2, 0) is 22.4 Å². The minimum Gasteiger partial charge on any atom is -0.496 e. The fourth-order valence-corrected chi connectivity index (χ4v) is 5.28. The molecule has 1 heterocycles. The molecule has 2 unspecified atom stereocenters. The predicted molar refractivity (Wildman–Crippen MR) is 134 cm³/mol. The van der Waals surface area contributed by atoms with E-state index in [-0.39, 0.29) is 18.8 Å². The lowest BCUT2D eigenvalue weighted by atomic mass is 9.78. The summed E-state index contributed by atoms with van der Waals surface area (Å²) in [7, 11) is 1.58. The Bertz CT molecular complexity index is 1150. The van der Waals surface area contributed by atoms with Gasteiger partial charge in [0.05, 0.1) is 19.1 Å². The van der Waals surface area contributed by atoms with Crippen molar-refractivity contribution in [3.63, 3.8) is 0 Å². The highest BCUT2D eigenvalue weighted by Crippen LogP contribution is 2.32. The van der Waals surface area contributed by atoms with Crippen molar-refractivity contribution < 1.29 is 24.5 Å². The second kappa shape index (κ2) is 11.4. The monoisotopic (exact) mass is 478 g/mol. The molecule has 7 heteroatoms. The van der Waals surface area contributed by atoms with E-state index in [4.69, 9.17) is 4.74 Å². The van der Waals surface area contributed by atoms with Gasteiger partial charge in [0, 0.05) is 23.5 Å². The Kier molecular flexibility index (Phi) is 8.08. The highest BCUT2D eigenvalue weighted by atomic mass is 16.5. The summed E-state index contributed by atoms with van der Waals surface area (Å²) in [6.07, 6.45) is 6.28. The standard InChI is InChI=1S/C28H34N2O5/c1-35-25-14-8-5-11-19(25)15-22(26(31)18-9-3-2-4-10-18)27(32)30-24(28(33)34)16-20-17-29-23-13-7-6-12-21(20)23/h5-8,11-14,17-18,22,24,26,29,31H,2-4,9-10,15-16H2,1H3,(H,30,32)(H,33,34)/t22?,24-,26?/m0/s1. The zero-order chi connectivity index (χ0) is 24.8. The van der Waals surface area contributed by atoms with Crippen LogP contribution in [0.1, 0.15) is 43.2 Å². The van der Waals surface area contributed by atoms with Crippen LogP contribution in [0.15, 0.2) is 54.7 Å². The van der Waals surface area contributed by atoms with E-state index in [2.05, 4.69) is 10.3 Å². The number of carboxylic acids is 1. The number of aromatic nitrogens is 1. The summed E-state index contributed by atoms with van der Waals surface area (Å²) < 4.78 is 5.47. The highest BCUT2D eigenvalue weighted by Gasteiger charge is 2.36. The molecule has 0 bridgehead atoms. The van der Waals surface area contributed by atoms with Crippen molar-refractivity contribution in [3.05, 3.63) is 65.9 Å². The molecular weight excluding hydrogens is 444 g/mol. The van der Waals surface area contributed by atoms with Gasteiger partial charge in [-0.2, -0.15) is 0 Å². The Morgan fingerprint density at radius 2 is 1.74 bits per heavy atom. The molecule has 0 radical (unpaired) electrons. The van der Waals surface area contributed by atoms with Gasteiger partial charge in [0.2, 0.25) is 5.91 Å². The lowest BCUT2D eigenvalue weighted by Gasteiger charge is -2.32. The largest absolute Gasteiger partial charge is 0.496 e. The van der Waals surface area contributed by atoms with Crippen LogP contribution in [0.25, 0.3) is 10.9 Å². The quantitative estimate of drug-likeness (QED) is 0.351. The maximum absolute atomic E-state index is 13.6. The summed E-state index contributed by atoms with van der Waals surface area (Å²) in [5, 5.41) is 24.9. The van der Waals surface area contributed by atoms with Crippen LogP contribution in [-0.4, -0.2) is 46.3 Å². The minimum atomic E-state index is -1.11. The Morgan fingerprint density at radius 1 is 1.03 bits per heavy atom. The summed E-state index contributed by atoms with van der Waals surface area (Å²) in [6, 6.07) is 14.0. The summed E-state index contributed by atoms with van der Waals surface area (Å²) in [4.78, 5) is 28.9. The number of methoxy groups -OCH3 is 1. The Labute approximate surface area is 205 Å². The van der Waals surface area contributed by atoms with Gasteiger partial charge in [0.15, 0.2) is 0 Å². The summed E-state index contributed by atoms with van der Waals surface area (Å²) in [5.41, 5.74) is 2.55. The number of hydrogen-bond acceptors (Lipinski definition) is 4. The fraction of sp³-hybridized carbons (Fsp3) is 0.429. The third-order valence-corrected chi connectivity index (χ3v) is 7.23. The van der Waals surface area contributed by atoms with Crippen LogP contribution >= 0.6 is 0 Å². The van der Waals surface area contributed by atoms with E-state index in [1.54, 1.807) is 13.3 Å². The van der Waals surface area contributed by atoms with Crippen molar-refractivity contribution in [3.8, 4) is 5.75 Å². The van der Waals surface area contributed by atoms with Gasteiger partial charge in [0.1, 0.15) is 11.8 Å². The van der Waals surface area contributed by atoms with E-state index >= 15 is 0 Å². The minimum absolute atomic E-state index is 0.0195. The molecule has 7 nitrogen and oxygen atoms in total. The number of benzene rings is 2. The molecule has 4 N–H and O–H groups in total. The number of carboxylic acid groups (broad SMARTS) is 1. The van der Waals surface area contributed by atoms with Gasteiger partial charge in [0.25, 0.3) is 0 Å². The molecule has 3 atom stereocenters. The Morgan fingerprint density at radius 3 is 2.49 bits per heavy atom. The number of aliphatic carboxylic acids is 1. The van der Waals surface area contributed by atoms with Crippen molar-refractivity contribution in [1.82, 2.24) is 10.3 Å². The van der Waals surface area contributed by atoms with Gasteiger partial charge >= 0.3 is 5.97 Å². The third kappa shape index (κ3) is 5.85. The molecule has 3 aromatic rings. The van der Waals surface area contributed by atoms with Gasteiger partial charge in [-0.15, -0.1) is 0 Å². The molecule has 1 saturated carbocycles. The first-order valence-electron chi connectivity index (χ1n) is 12.4. The van der Waals surface area contributed by atoms with E-state index in [0.29, 0.717) is 5.75 Å². The fourth-order valence-electron chi connectivity index (χ4n) is 5.28. The summed E-state index contributed by atoms with van der Waals surface area (Å²) in [6.45, 7) is 0. The number of aliphatic hydroxyl groups is 1. The molecule has 0 aliphatic heterocycles. The number of H-pyrrole nitrogens is 1. The van der Waals surface area contributed by atoms with Gasteiger partial charge in [-0.05, 0) is 48.4 Å². The molecule has 4 rings (SSSR count). The first kappa shape index (κ1) is 24.8. The molecule has 1 amide bonds. The molecule has 2 aromatic carbocycles. The Balaban J connectivity index is 1.57. The maximum Gasteiger partial charge on any atom is 0.326 e. The topological polar surface area (TPSA) is 112 Å². The third-order valence-electron chi connectivity index (χ3n) is 7.23. The lowest BCUT2D eigenvalue weighted by Crippen LogP contribution is -2.49. The van der Waals surface area contributed by atoms with E-state index in [0.717, 1.165) is 54.1 Å². The second-order valence-electron chi connectivity index (χ2n) is 9.47. The Hall–Kier alpha value is -3.32. The molecule has 186 valence electrons. The number of nitrogens with one attached hydrogen (secondary N) is 2. The lowest BCUT2D eigenvalue weighted by molar-refractivity contribution is -0.143. The van der Waals surface area contributed by atoms with Crippen LogP contribution in [0.5, 0.6) is 5.75 Å². The smallest absolute Gasteiger partial charge is 0.326 e. The summed E-state index contributed by atoms with van der Waals surface area (Å²) in [5.74, 6) is -1.66. The number of para-hydroxylation sites is 2. The number of aliphatic hydroxyl groups excluding tert-OH is 1. The molecule has 1 fully saturated rings. The van der Waals surface area contributed by atoms with Gasteiger partial charge in [-0.25, -0.2) is 4.79 Å². The molecule has 0 spiro atoms. The zero-order valence-corrected chi connectivity index (χ0v) is 20.1. The summed E-state index contributed by atoms with van der Waals surface area (Å²) >= 11 is 0. The van der Waals surface area contributed by atoms with Crippen molar-refractivity contribution in [2.75, 3.05) is 7.11 Å². The SMILES string of the molecule is COc1ccccc1CC(C(=O)N[C@@H](Cc1c[nH]c2ccccc12)C(=O)O)C(O)C1CCCCC1. The van der Waals surface area contributed by atoms with Crippen LogP contribution in [0.3, 0.4) is 0 Å². The maximum atomic E-state index is 13.6. The molecular formula is C28H34N2O5. The number of aromatic amines is 1. The van der Waals surface area contributed by atoms with Crippen molar-refractivity contribution >= 4 is 22.8 Å². The van der Waals surface area contributed by atoms with Crippen molar-refractivity contribution in [1.29, 1.82) is 0 Å².